The normalized spacial score (nSPS) is 21.5. The Morgan fingerprint density at radius 1 is 1.32 bits per heavy atom. The summed E-state index contributed by atoms with van der Waals surface area (Å²) in [5.41, 5.74) is 8.01. The van der Waals surface area contributed by atoms with Crippen molar-refractivity contribution < 1.29 is 0 Å². The molecule has 1 unspecified atom stereocenters. The number of piperidine rings is 1. The molecule has 1 saturated heterocycles. The van der Waals surface area contributed by atoms with Gasteiger partial charge >= 0.3 is 0 Å². The second kappa shape index (κ2) is 6.06. The van der Waals surface area contributed by atoms with Crippen molar-refractivity contribution in [2.24, 2.45) is 18.2 Å². The number of hydrogen-bond acceptors (Lipinski definition) is 3. The van der Waals surface area contributed by atoms with Crippen LogP contribution in [0.4, 0.5) is 0 Å². The van der Waals surface area contributed by atoms with Gasteiger partial charge in [0, 0.05) is 31.4 Å². The third kappa shape index (κ3) is 3.37. The molecule has 0 saturated carbocycles. The van der Waals surface area contributed by atoms with E-state index in [4.69, 9.17) is 5.73 Å². The largest absolute Gasteiger partial charge is 0.323 e. The van der Waals surface area contributed by atoms with E-state index in [2.05, 4.69) is 23.8 Å². The van der Waals surface area contributed by atoms with Crippen LogP contribution in [0, 0.1) is 5.41 Å². The minimum Gasteiger partial charge on any atom is -0.323 e. The number of aryl methyl sites for hydroxylation is 1. The molecule has 0 spiro atoms. The van der Waals surface area contributed by atoms with E-state index in [1.807, 2.05) is 24.1 Å². The summed E-state index contributed by atoms with van der Waals surface area (Å²) >= 11 is 0. The molecule has 0 radical (unpaired) electrons. The van der Waals surface area contributed by atoms with Crippen molar-refractivity contribution in [3.8, 4) is 0 Å². The molecular weight excluding hydrogens is 236 g/mol. The van der Waals surface area contributed by atoms with E-state index >= 15 is 0 Å². The number of nitrogens with two attached hydrogens (primary N) is 1. The lowest BCUT2D eigenvalue weighted by molar-refractivity contribution is 0.0914. The van der Waals surface area contributed by atoms with Crippen LogP contribution < -0.4 is 5.73 Å². The van der Waals surface area contributed by atoms with Gasteiger partial charge < -0.3 is 10.6 Å². The maximum atomic E-state index is 6.28. The summed E-state index contributed by atoms with van der Waals surface area (Å²) < 4.78 is 1.82. The smallest absolute Gasteiger partial charge is 0.0537 e. The summed E-state index contributed by atoms with van der Waals surface area (Å²) in [7, 11) is 1.94. The molecule has 1 atom stereocenters. The van der Waals surface area contributed by atoms with Gasteiger partial charge in [0.1, 0.15) is 0 Å². The standard InChI is InChI=1S/C15H28N4/c1-4-15(5-2)6-8-19(9-7-15)12-14(16)13-10-17-18(3)11-13/h10-11,14H,4-9,12,16H2,1-3H3. The predicted octanol–water partition coefficient (Wildman–Crippen LogP) is 2.32. The summed E-state index contributed by atoms with van der Waals surface area (Å²) in [6, 6.07) is 0.0875. The summed E-state index contributed by atoms with van der Waals surface area (Å²) in [5.74, 6) is 0. The number of hydrogen-bond donors (Lipinski definition) is 1. The fourth-order valence-corrected chi connectivity index (χ4v) is 3.18. The predicted molar refractivity (Wildman–Crippen MR) is 78.8 cm³/mol. The van der Waals surface area contributed by atoms with Crippen molar-refractivity contribution in [3.63, 3.8) is 0 Å². The summed E-state index contributed by atoms with van der Waals surface area (Å²) in [6.07, 6.45) is 9.17. The van der Waals surface area contributed by atoms with Crippen LogP contribution in [0.15, 0.2) is 12.4 Å². The summed E-state index contributed by atoms with van der Waals surface area (Å²) in [6.45, 7) is 8.00. The zero-order valence-electron chi connectivity index (χ0n) is 12.6. The van der Waals surface area contributed by atoms with E-state index < -0.39 is 0 Å². The lowest BCUT2D eigenvalue weighted by Crippen LogP contribution is -2.42. The van der Waals surface area contributed by atoms with Gasteiger partial charge in [0.05, 0.1) is 6.20 Å². The average Bonchev–Trinajstić information content (AvgIpc) is 2.87. The molecule has 1 aliphatic rings. The molecule has 2 N–H and O–H groups in total. The lowest BCUT2D eigenvalue weighted by atomic mass is 9.74. The summed E-state index contributed by atoms with van der Waals surface area (Å²) in [4.78, 5) is 2.52. The molecule has 2 heterocycles. The minimum atomic E-state index is 0.0875. The molecule has 1 fully saturated rings. The SMILES string of the molecule is CCC1(CC)CCN(CC(N)c2cnn(C)c2)CC1. The Bertz CT molecular complexity index is 385. The molecule has 19 heavy (non-hydrogen) atoms. The first-order chi connectivity index (χ1) is 9.08. The van der Waals surface area contributed by atoms with Crippen molar-refractivity contribution in [1.82, 2.24) is 14.7 Å². The van der Waals surface area contributed by atoms with E-state index in [-0.39, 0.29) is 6.04 Å². The van der Waals surface area contributed by atoms with Crippen LogP contribution >= 0.6 is 0 Å². The van der Waals surface area contributed by atoms with Crippen molar-refractivity contribution in [2.75, 3.05) is 19.6 Å². The highest BCUT2D eigenvalue weighted by molar-refractivity contribution is 5.10. The van der Waals surface area contributed by atoms with Gasteiger partial charge in [-0.05, 0) is 31.3 Å². The van der Waals surface area contributed by atoms with Crippen molar-refractivity contribution in [3.05, 3.63) is 18.0 Å². The average molecular weight is 264 g/mol. The van der Waals surface area contributed by atoms with Crippen LogP contribution in [0.25, 0.3) is 0 Å². The summed E-state index contributed by atoms with van der Waals surface area (Å²) in [5, 5.41) is 4.20. The molecule has 1 aromatic rings. The van der Waals surface area contributed by atoms with Gasteiger partial charge in [0.15, 0.2) is 0 Å². The molecule has 4 heteroatoms. The van der Waals surface area contributed by atoms with Crippen LogP contribution in [-0.2, 0) is 7.05 Å². The maximum Gasteiger partial charge on any atom is 0.0537 e. The molecule has 2 rings (SSSR count). The molecule has 0 aromatic carbocycles. The monoisotopic (exact) mass is 264 g/mol. The molecule has 1 aliphatic heterocycles. The third-order valence-electron chi connectivity index (χ3n) is 5.02. The van der Waals surface area contributed by atoms with Gasteiger partial charge in [-0.3, -0.25) is 4.68 Å². The molecule has 0 amide bonds. The van der Waals surface area contributed by atoms with Gasteiger partial charge in [-0.1, -0.05) is 26.7 Å². The van der Waals surface area contributed by atoms with Gasteiger partial charge in [0.2, 0.25) is 0 Å². The first-order valence-electron chi connectivity index (χ1n) is 7.55. The maximum absolute atomic E-state index is 6.28. The highest BCUT2D eigenvalue weighted by atomic mass is 15.2. The first-order valence-corrected chi connectivity index (χ1v) is 7.55. The Morgan fingerprint density at radius 3 is 2.42 bits per heavy atom. The number of nitrogens with zero attached hydrogens (tertiary/aromatic N) is 3. The highest BCUT2D eigenvalue weighted by Crippen LogP contribution is 2.38. The van der Waals surface area contributed by atoms with Gasteiger partial charge in [-0.15, -0.1) is 0 Å². The van der Waals surface area contributed by atoms with E-state index in [0.29, 0.717) is 5.41 Å². The molecule has 4 nitrogen and oxygen atoms in total. The molecule has 108 valence electrons. The van der Waals surface area contributed by atoms with Crippen LogP contribution in [0.1, 0.15) is 51.1 Å². The van der Waals surface area contributed by atoms with E-state index in [1.54, 1.807) is 0 Å². The fourth-order valence-electron chi connectivity index (χ4n) is 3.18. The molecule has 1 aromatic heterocycles. The van der Waals surface area contributed by atoms with E-state index in [1.165, 1.54) is 38.8 Å². The number of aromatic nitrogens is 2. The zero-order chi connectivity index (χ0) is 13.9. The number of likely N-dealkylation sites (tertiary alicyclic amines) is 1. The van der Waals surface area contributed by atoms with Gasteiger partial charge in [0.25, 0.3) is 0 Å². The van der Waals surface area contributed by atoms with Crippen LogP contribution in [0.3, 0.4) is 0 Å². The van der Waals surface area contributed by atoms with E-state index in [9.17, 15) is 0 Å². The third-order valence-corrected chi connectivity index (χ3v) is 5.02. The molecule has 0 bridgehead atoms. The second-order valence-electron chi connectivity index (χ2n) is 6.06. The number of rotatable bonds is 5. The van der Waals surface area contributed by atoms with Crippen LogP contribution in [0.5, 0.6) is 0 Å². The Hall–Kier alpha value is -0.870. The van der Waals surface area contributed by atoms with Crippen molar-refractivity contribution in [1.29, 1.82) is 0 Å². The first kappa shape index (κ1) is 14.5. The van der Waals surface area contributed by atoms with Gasteiger partial charge in [-0.2, -0.15) is 5.10 Å². The highest BCUT2D eigenvalue weighted by Gasteiger charge is 2.31. The lowest BCUT2D eigenvalue weighted by Gasteiger charge is -2.41. The Kier molecular flexibility index (Phi) is 4.63. The Balaban J connectivity index is 1.85. The van der Waals surface area contributed by atoms with Crippen LogP contribution in [-0.4, -0.2) is 34.3 Å². The Morgan fingerprint density at radius 2 is 1.95 bits per heavy atom. The van der Waals surface area contributed by atoms with Crippen molar-refractivity contribution >= 4 is 0 Å². The zero-order valence-corrected chi connectivity index (χ0v) is 12.6. The molecular formula is C15H28N4. The molecule has 0 aliphatic carbocycles. The second-order valence-corrected chi connectivity index (χ2v) is 6.06. The van der Waals surface area contributed by atoms with Crippen LogP contribution in [0.2, 0.25) is 0 Å². The van der Waals surface area contributed by atoms with Crippen molar-refractivity contribution in [2.45, 2.75) is 45.6 Å². The topological polar surface area (TPSA) is 47.1 Å². The quantitative estimate of drug-likeness (QED) is 0.888. The van der Waals surface area contributed by atoms with E-state index in [0.717, 1.165) is 12.1 Å². The van der Waals surface area contributed by atoms with Gasteiger partial charge in [-0.25, -0.2) is 0 Å². The Labute approximate surface area is 117 Å². The minimum absolute atomic E-state index is 0.0875. The fraction of sp³-hybridized carbons (Fsp3) is 0.800.